The van der Waals surface area contributed by atoms with Crippen LogP contribution in [0.15, 0.2) is 24.3 Å². The van der Waals surface area contributed by atoms with Gasteiger partial charge < -0.3 is 9.80 Å². The monoisotopic (exact) mass is 274 g/mol. The standard InChI is InChI=1S/C16H22N2O2/c1-17(2)15(19)13-9-11-7-5-6-8-12(11)10-14(13)16(20)18(3)4/h5-8,13-14H,9-10H2,1-4H3/t13-,14-/m1/s1. The number of carbonyl (C=O) groups excluding carboxylic acids is 2. The predicted octanol–water partition coefficient (Wildman–Crippen LogP) is 1.19. The second-order valence-corrected chi connectivity index (χ2v) is 5.86. The second kappa shape index (κ2) is 5.65. The molecule has 2 amide bonds. The van der Waals surface area contributed by atoms with Gasteiger partial charge in [-0.25, -0.2) is 0 Å². The fourth-order valence-electron chi connectivity index (χ4n) is 2.90. The van der Waals surface area contributed by atoms with Gasteiger partial charge in [-0.1, -0.05) is 24.3 Å². The zero-order valence-corrected chi connectivity index (χ0v) is 12.6. The summed E-state index contributed by atoms with van der Waals surface area (Å²) in [4.78, 5) is 28.0. The van der Waals surface area contributed by atoms with Crippen LogP contribution in [-0.2, 0) is 22.4 Å². The first-order valence-electron chi connectivity index (χ1n) is 6.91. The van der Waals surface area contributed by atoms with Crippen LogP contribution in [-0.4, -0.2) is 49.8 Å². The fourth-order valence-corrected chi connectivity index (χ4v) is 2.90. The molecule has 0 aromatic heterocycles. The lowest BCUT2D eigenvalue weighted by atomic mass is 9.74. The van der Waals surface area contributed by atoms with Gasteiger partial charge in [0.1, 0.15) is 0 Å². The number of benzene rings is 1. The zero-order valence-electron chi connectivity index (χ0n) is 12.6. The summed E-state index contributed by atoms with van der Waals surface area (Å²) in [5.41, 5.74) is 2.38. The molecule has 2 atom stereocenters. The van der Waals surface area contributed by atoms with E-state index in [0.29, 0.717) is 12.8 Å². The number of nitrogens with zero attached hydrogens (tertiary/aromatic N) is 2. The summed E-state index contributed by atoms with van der Waals surface area (Å²) in [6.07, 6.45) is 1.30. The Hall–Kier alpha value is -1.84. The van der Waals surface area contributed by atoms with Gasteiger partial charge in [0.05, 0.1) is 11.8 Å². The van der Waals surface area contributed by atoms with Crippen molar-refractivity contribution in [1.29, 1.82) is 0 Å². The maximum atomic E-state index is 12.4. The second-order valence-electron chi connectivity index (χ2n) is 5.86. The first kappa shape index (κ1) is 14.6. The molecule has 2 rings (SSSR count). The quantitative estimate of drug-likeness (QED) is 0.813. The van der Waals surface area contributed by atoms with Crippen molar-refractivity contribution in [2.75, 3.05) is 28.2 Å². The number of carbonyl (C=O) groups is 2. The van der Waals surface area contributed by atoms with E-state index >= 15 is 0 Å². The van der Waals surface area contributed by atoms with E-state index in [1.54, 1.807) is 38.0 Å². The van der Waals surface area contributed by atoms with E-state index in [9.17, 15) is 9.59 Å². The molecule has 4 nitrogen and oxygen atoms in total. The number of amides is 2. The van der Waals surface area contributed by atoms with Gasteiger partial charge >= 0.3 is 0 Å². The lowest BCUT2D eigenvalue weighted by Crippen LogP contribution is -2.45. The van der Waals surface area contributed by atoms with Crippen molar-refractivity contribution in [3.05, 3.63) is 35.4 Å². The Balaban J connectivity index is 2.36. The Bertz CT molecular complexity index is 476. The maximum absolute atomic E-state index is 12.4. The minimum Gasteiger partial charge on any atom is -0.349 e. The topological polar surface area (TPSA) is 40.6 Å². The highest BCUT2D eigenvalue weighted by Crippen LogP contribution is 2.32. The van der Waals surface area contributed by atoms with Gasteiger partial charge in [0, 0.05) is 28.2 Å². The van der Waals surface area contributed by atoms with Gasteiger partial charge in [-0.2, -0.15) is 0 Å². The van der Waals surface area contributed by atoms with E-state index in [1.807, 2.05) is 12.1 Å². The first-order valence-corrected chi connectivity index (χ1v) is 6.91. The molecule has 1 aliphatic rings. The third-order valence-electron chi connectivity index (χ3n) is 4.00. The van der Waals surface area contributed by atoms with Crippen LogP contribution in [0.1, 0.15) is 11.1 Å². The Morgan fingerprint density at radius 2 is 1.20 bits per heavy atom. The Morgan fingerprint density at radius 3 is 1.50 bits per heavy atom. The molecule has 108 valence electrons. The maximum Gasteiger partial charge on any atom is 0.226 e. The molecule has 0 unspecified atom stereocenters. The lowest BCUT2D eigenvalue weighted by Gasteiger charge is -2.34. The van der Waals surface area contributed by atoms with Crippen molar-refractivity contribution in [1.82, 2.24) is 9.80 Å². The molecule has 0 fully saturated rings. The molecule has 20 heavy (non-hydrogen) atoms. The van der Waals surface area contributed by atoms with Gasteiger partial charge in [0.25, 0.3) is 0 Å². The van der Waals surface area contributed by atoms with Crippen LogP contribution in [0.5, 0.6) is 0 Å². The normalized spacial score (nSPS) is 21.0. The van der Waals surface area contributed by atoms with E-state index in [0.717, 1.165) is 0 Å². The molecule has 0 heterocycles. The Morgan fingerprint density at radius 1 is 0.850 bits per heavy atom. The Kier molecular flexibility index (Phi) is 4.12. The minimum absolute atomic E-state index is 0.0414. The van der Waals surface area contributed by atoms with Gasteiger partial charge in [0.2, 0.25) is 11.8 Å². The fraction of sp³-hybridized carbons (Fsp3) is 0.500. The molecule has 0 aliphatic heterocycles. The molecule has 0 saturated heterocycles. The van der Waals surface area contributed by atoms with E-state index < -0.39 is 0 Å². The molecule has 0 N–H and O–H groups in total. The van der Waals surface area contributed by atoms with Crippen molar-refractivity contribution in [3.63, 3.8) is 0 Å². The van der Waals surface area contributed by atoms with Crippen LogP contribution < -0.4 is 0 Å². The van der Waals surface area contributed by atoms with Crippen molar-refractivity contribution in [3.8, 4) is 0 Å². The van der Waals surface area contributed by atoms with Crippen LogP contribution in [0, 0.1) is 11.8 Å². The van der Waals surface area contributed by atoms with Gasteiger partial charge in [-0.15, -0.1) is 0 Å². The van der Waals surface area contributed by atoms with Crippen LogP contribution in [0.25, 0.3) is 0 Å². The number of hydrogen-bond acceptors (Lipinski definition) is 2. The minimum atomic E-state index is -0.255. The number of fused-ring (bicyclic) bond motifs is 1. The van der Waals surface area contributed by atoms with Crippen LogP contribution in [0.2, 0.25) is 0 Å². The molecule has 4 heteroatoms. The molecule has 0 radical (unpaired) electrons. The van der Waals surface area contributed by atoms with Crippen molar-refractivity contribution in [2.24, 2.45) is 11.8 Å². The highest BCUT2D eigenvalue weighted by atomic mass is 16.2. The van der Waals surface area contributed by atoms with Crippen LogP contribution in [0.4, 0.5) is 0 Å². The molecule has 1 aliphatic carbocycles. The molecule has 0 spiro atoms. The SMILES string of the molecule is CN(C)C(=O)[C@@H]1Cc2ccccc2C[C@H]1C(=O)N(C)C. The van der Waals surface area contributed by atoms with Crippen LogP contribution >= 0.6 is 0 Å². The highest BCUT2D eigenvalue weighted by molar-refractivity contribution is 5.88. The van der Waals surface area contributed by atoms with E-state index in [1.165, 1.54) is 11.1 Å². The van der Waals surface area contributed by atoms with E-state index in [-0.39, 0.29) is 23.7 Å². The third kappa shape index (κ3) is 2.69. The van der Waals surface area contributed by atoms with Gasteiger partial charge in [0.15, 0.2) is 0 Å². The first-order chi connectivity index (χ1) is 9.41. The summed E-state index contributed by atoms with van der Waals surface area (Å²) in [5.74, 6) is -0.427. The predicted molar refractivity (Wildman–Crippen MR) is 78.2 cm³/mol. The number of hydrogen-bond donors (Lipinski definition) is 0. The molecule has 1 aromatic rings. The summed E-state index contributed by atoms with van der Waals surface area (Å²) in [7, 11) is 7.00. The highest BCUT2D eigenvalue weighted by Gasteiger charge is 2.39. The third-order valence-corrected chi connectivity index (χ3v) is 4.00. The largest absolute Gasteiger partial charge is 0.349 e. The van der Waals surface area contributed by atoms with Gasteiger partial charge in [-0.05, 0) is 24.0 Å². The zero-order chi connectivity index (χ0) is 14.9. The number of rotatable bonds is 2. The van der Waals surface area contributed by atoms with Crippen molar-refractivity contribution < 1.29 is 9.59 Å². The van der Waals surface area contributed by atoms with Crippen LogP contribution in [0.3, 0.4) is 0 Å². The smallest absolute Gasteiger partial charge is 0.226 e. The molecular formula is C16H22N2O2. The molecule has 0 saturated carbocycles. The average Bonchev–Trinajstić information content (AvgIpc) is 2.44. The van der Waals surface area contributed by atoms with Gasteiger partial charge in [-0.3, -0.25) is 9.59 Å². The van der Waals surface area contributed by atoms with Crippen molar-refractivity contribution >= 4 is 11.8 Å². The summed E-state index contributed by atoms with van der Waals surface area (Å²) >= 11 is 0. The summed E-state index contributed by atoms with van der Waals surface area (Å²) < 4.78 is 0. The molecule has 1 aromatic carbocycles. The van der Waals surface area contributed by atoms with E-state index in [4.69, 9.17) is 0 Å². The lowest BCUT2D eigenvalue weighted by molar-refractivity contribution is -0.144. The van der Waals surface area contributed by atoms with Crippen molar-refractivity contribution in [2.45, 2.75) is 12.8 Å². The van der Waals surface area contributed by atoms with E-state index in [2.05, 4.69) is 12.1 Å². The summed E-state index contributed by atoms with van der Waals surface area (Å²) in [5, 5.41) is 0. The summed E-state index contributed by atoms with van der Waals surface area (Å²) in [6, 6.07) is 8.09. The summed E-state index contributed by atoms with van der Waals surface area (Å²) in [6.45, 7) is 0. The Labute approximate surface area is 120 Å². The molecular weight excluding hydrogens is 252 g/mol. The molecule has 0 bridgehead atoms. The average molecular weight is 274 g/mol.